The molecule has 0 spiro atoms. The molecule has 1 aromatic heterocycles. The van der Waals surface area contributed by atoms with Crippen molar-refractivity contribution in [3.8, 4) is 5.75 Å². The van der Waals surface area contributed by atoms with Gasteiger partial charge >= 0.3 is 5.97 Å². The van der Waals surface area contributed by atoms with E-state index in [0.29, 0.717) is 43.1 Å². The van der Waals surface area contributed by atoms with Gasteiger partial charge in [0.25, 0.3) is 0 Å². The number of carbonyl (C=O) groups excluding carboxylic acids is 1. The highest BCUT2D eigenvalue weighted by Crippen LogP contribution is 2.27. The summed E-state index contributed by atoms with van der Waals surface area (Å²) in [5.41, 5.74) is 0.994. The lowest BCUT2D eigenvalue weighted by Crippen LogP contribution is -2.54. The van der Waals surface area contributed by atoms with Gasteiger partial charge in [0.1, 0.15) is 17.7 Å². The van der Waals surface area contributed by atoms with Crippen molar-refractivity contribution in [2.75, 3.05) is 26.2 Å². The Morgan fingerprint density at radius 3 is 2.75 bits per heavy atom. The number of benzene rings is 1. The van der Waals surface area contributed by atoms with Gasteiger partial charge in [0.15, 0.2) is 5.69 Å². The summed E-state index contributed by atoms with van der Waals surface area (Å²) in [6, 6.07) is 6.08. The molecule has 7 nitrogen and oxygen atoms in total. The molecule has 170 valence electrons. The maximum absolute atomic E-state index is 14.2. The maximum Gasteiger partial charge on any atom is 0.354 e. The largest absolute Gasteiger partial charge is 0.483 e. The first-order valence-electron chi connectivity index (χ1n) is 10.2. The van der Waals surface area contributed by atoms with E-state index in [0.717, 1.165) is 0 Å². The monoisotopic (exact) mass is 461 g/mol. The first-order chi connectivity index (χ1) is 15.2. The summed E-state index contributed by atoms with van der Waals surface area (Å²) in [5.74, 6) is -1.40. The minimum absolute atomic E-state index is 0.0148. The van der Waals surface area contributed by atoms with Crippen molar-refractivity contribution in [1.29, 1.82) is 0 Å². The van der Waals surface area contributed by atoms with Crippen LogP contribution in [0.1, 0.15) is 34.6 Å². The zero-order chi connectivity index (χ0) is 23.4. The molecule has 1 amide bonds. The van der Waals surface area contributed by atoms with E-state index in [9.17, 15) is 19.1 Å². The van der Waals surface area contributed by atoms with Gasteiger partial charge in [0.05, 0.1) is 11.2 Å². The van der Waals surface area contributed by atoms with Crippen LogP contribution in [0.2, 0.25) is 5.02 Å². The minimum atomic E-state index is -1.12. The summed E-state index contributed by atoms with van der Waals surface area (Å²) in [6.07, 6.45) is 2.09. The van der Waals surface area contributed by atoms with E-state index in [1.807, 2.05) is 6.92 Å². The molecule has 0 saturated carbocycles. The molecule has 0 radical (unpaired) electrons. The fraction of sp³-hybridized carbons (Fsp3) is 0.348. The van der Waals surface area contributed by atoms with Crippen molar-refractivity contribution in [1.82, 2.24) is 14.8 Å². The number of aromatic nitrogens is 1. The number of nitrogens with zero attached hydrogens (tertiary/aromatic N) is 3. The number of pyridine rings is 1. The Morgan fingerprint density at radius 1 is 1.41 bits per heavy atom. The molecule has 1 saturated heterocycles. The van der Waals surface area contributed by atoms with Crippen molar-refractivity contribution in [2.24, 2.45) is 0 Å². The van der Waals surface area contributed by atoms with E-state index < -0.39 is 17.9 Å². The molecule has 1 fully saturated rings. The molecule has 2 heterocycles. The molecule has 2 atom stereocenters. The molecule has 1 N–H and O–H groups in total. The molecule has 1 aliphatic rings. The Labute approximate surface area is 191 Å². The lowest BCUT2D eigenvalue weighted by Gasteiger charge is -2.40. The number of halogens is 2. The molecule has 3 rings (SSSR count). The Hall–Kier alpha value is -2.97. The van der Waals surface area contributed by atoms with E-state index in [1.54, 1.807) is 24.0 Å². The molecule has 0 aliphatic carbocycles. The van der Waals surface area contributed by atoms with Crippen molar-refractivity contribution in [3.63, 3.8) is 0 Å². The maximum atomic E-state index is 14.2. The van der Waals surface area contributed by atoms with Crippen molar-refractivity contribution in [3.05, 3.63) is 70.8 Å². The van der Waals surface area contributed by atoms with Crippen LogP contribution in [-0.4, -0.2) is 64.0 Å². The van der Waals surface area contributed by atoms with E-state index in [1.165, 1.54) is 24.4 Å². The highest BCUT2D eigenvalue weighted by molar-refractivity contribution is 6.30. The van der Waals surface area contributed by atoms with E-state index in [-0.39, 0.29) is 22.7 Å². The molecule has 9 heteroatoms. The van der Waals surface area contributed by atoms with Gasteiger partial charge in [-0.25, -0.2) is 14.2 Å². The lowest BCUT2D eigenvalue weighted by atomic mass is 10.1. The number of carbonyl (C=O) groups is 2. The number of carboxylic acids is 1. The van der Waals surface area contributed by atoms with Crippen LogP contribution in [0.15, 0.2) is 43.1 Å². The highest BCUT2D eigenvalue weighted by Gasteiger charge is 2.29. The second-order valence-electron chi connectivity index (χ2n) is 7.77. The lowest BCUT2D eigenvalue weighted by molar-refractivity contribution is -0.130. The SMILES string of the molecule is C=CC(=O)N1CCN(CC(Oc2cnc(C(=O)O)c(C)c2)c2ccc(Cl)c(F)c2)C[C@H]1C. The molecule has 1 aliphatic heterocycles. The topological polar surface area (TPSA) is 83.0 Å². The Balaban J connectivity index is 1.83. The smallest absolute Gasteiger partial charge is 0.354 e. The van der Waals surface area contributed by atoms with Crippen LogP contribution < -0.4 is 4.74 Å². The molecule has 32 heavy (non-hydrogen) atoms. The number of ether oxygens (including phenoxy) is 1. The van der Waals surface area contributed by atoms with Crippen molar-refractivity contribution in [2.45, 2.75) is 26.0 Å². The number of aryl methyl sites for hydroxylation is 1. The van der Waals surface area contributed by atoms with Gasteiger partial charge < -0.3 is 14.7 Å². The normalized spacial score (nSPS) is 17.6. The van der Waals surface area contributed by atoms with Crippen LogP contribution in [0.5, 0.6) is 5.75 Å². The second-order valence-corrected chi connectivity index (χ2v) is 8.17. The Morgan fingerprint density at radius 2 is 2.16 bits per heavy atom. The number of hydrogen-bond donors (Lipinski definition) is 1. The van der Waals surface area contributed by atoms with Gasteiger partial charge in [0.2, 0.25) is 5.91 Å². The first kappa shape index (κ1) is 23.7. The first-order valence-corrected chi connectivity index (χ1v) is 10.5. The third-order valence-electron chi connectivity index (χ3n) is 5.44. The highest BCUT2D eigenvalue weighted by atomic mass is 35.5. The third kappa shape index (κ3) is 5.44. The predicted molar refractivity (Wildman–Crippen MR) is 119 cm³/mol. The standard InChI is InChI=1S/C23H25ClFN3O4/c1-4-21(29)28-8-7-27(12-15(28)3)13-20(16-5-6-18(24)19(25)10-16)32-17-9-14(2)22(23(30)31)26-11-17/h4-6,9-11,15,20H,1,7-8,12-13H2,2-3H3,(H,30,31)/t15-,20?/m1/s1. The molecule has 2 aromatic rings. The summed E-state index contributed by atoms with van der Waals surface area (Å²) in [5, 5.41) is 9.21. The fourth-order valence-electron chi connectivity index (χ4n) is 3.80. The van der Waals surface area contributed by atoms with E-state index in [2.05, 4.69) is 16.5 Å². The average molecular weight is 462 g/mol. The number of piperazine rings is 1. The van der Waals surface area contributed by atoms with Gasteiger partial charge in [0, 0.05) is 32.2 Å². The van der Waals surface area contributed by atoms with Crippen LogP contribution in [0.25, 0.3) is 0 Å². The van der Waals surface area contributed by atoms with Crippen molar-refractivity contribution >= 4 is 23.5 Å². The van der Waals surface area contributed by atoms with Crippen LogP contribution in [0.3, 0.4) is 0 Å². The molecular weight excluding hydrogens is 437 g/mol. The van der Waals surface area contributed by atoms with Crippen LogP contribution >= 0.6 is 11.6 Å². The fourth-order valence-corrected chi connectivity index (χ4v) is 3.92. The van der Waals surface area contributed by atoms with Gasteiger partial charge in [-0.2, -0.15) is 0 Å². The zero-order valence-corrected chi connectivity index (χ0v) is 18.7. The van der Waals surface area contributed by atoms with Crippen LogP contribution in [0.4, 0.5) is 4.39 Å². The van der Waals surface area contributed by atoms with Crippen LogP contribution in [0, 0.1) is 12.7 Å². The second kappa shape index (κ2) is 10.1. The quantitative estimate of drug-likeness (QED) is 0.633. The predicted octanol–water partition coefficient (Wildman–Crippen LogP) is 3.72. The summed E-state index contributed by atoms with van der Waals surface area (Å²) in [6.45, 7) is 9.36. The van der Waals surface area contributed by atoms with E-state index >= 15 is 0 Å². The summed E-state index contributed by atoms with van der Waals surface area (Å²) >= 11 is 5.85. The van der Waals surface area contributed by atoms with Gasteiger partial charge in [-0.15, -0.1) is 0 Å². The van der Waals surface area contributed by atoms with Gasteiger partial charge in [-0.1, -0.05) is 24.2 Å². The van der Waals surface area contributed by atoms with Crippen molar-refractivity contribution < 1.29 is 23.8 Å². The van der Waals surface area contributed by atoms with Gasteiger partial charge in [-0.3, -0.25) is 9.69 Å². The summed E-state index contributed by atoms with van der Waals surface area (Å²) in [7, 11) is 0. The molecular formula is C23H25ClFN3O4. The Bertz CT molecular complexity index is 1030. The molecule has 1 unspecified atom stereocenters. The average Bonchev–Trinajstić information content (AvgIpc) is 2.74. The Kier molecular flexibility index (Phi) is 7.48. The number of rotatable bonds is 7. The molecule has 0 bridgehead atoms. The van der Waals surface area contributed by atoms with E-state index in [4.69, 9.17) is 16.3 Å². The molecule has 1 aromatic carbocycles. The minimum Gasteiger partial charge on any atom is -0.483 e. The zero-order valence-electron chi connectivity index (χ0n) is 17.9. The number of aromatic carboxylic acids is 1. The summed E-state index contributed by atoms with van der Waals surface area (Å²) in [4.78, 5) is 31.1. The third-order valence-corrected chi connectivity index (χ3v) is 5.75. The number of amides is 1. The van der Waals surface area contributed by atoms with Crippen LogP contribution in [-0.2, 0) is 4.79 Å². The van der Waals surface area contributed by atoms with Gasteiger partial charge in [-0.05, 0) is 49.2 Å². The number of carboxylic acid groups (broad SMARTS) is 1. The summed E-state index contributed by atoms with van der Waals surface area (Å²) < 4.78 is 20.3. The number of hydrogen-bond acceptors (Lipinski definition) is 5.